The molecular weight excluding hydrogens is 248 g/mol. The fourth-order valence-electron chi connectivity index (χ4n) is 1.75. The molecule has 0 N–H and O–H groups in total. The van der Waals surface area contributed by atoms with Crippen molar-refractivity contribution in [2.75, 3.05) is 6.54 Å². The second kappa shape index (κ2) is 4.08. The summed E-state index contributed by atoms with van der Waals surface area (Å²) < 4.78 is 6.56. The maximum Gasteiger partial charge on any atom is 0.147 e. The zero-order valence-electron chi connectivity index (χ0n) is 8.38. The van der Waals surface area contributed by atoms with E-state index in [-0.39, 0.29) is 0 Å². The van der Waals surface area contributed by atoms with E-state index >= 15 is 0 Å². The van der Waals surface area contributed by atoms with Crippen LogP contribution >= 0.6 is 23.1 Å². The normalized spacial score (nSPS) is 16.3. The minimum atomic E-state index is 0.673. The van der Waals surface area contributed by atoms with E-state index in [1.165, 1.54) is 11.5 Å². The Kier molecular flexibility index (Phi) is 2.58. The van der Waals surface area contributed by atoms with E-state index in [9.17, 15) is 0 Å². The lowest BCUT2D eigenvalue weighted by molar-refractivity contribution is 0.206. The summed E-state index contributed by atoms with van der Waals surface area (Å²) in [7, 11) is 0. The zero-order chi connectivity index (χ0) is 11.0. The molecule has 84 valence electrons. The molecule has 0 fully saturated rings. The van der Waals surface area contributed by atoms with Gasteiger partial charge in [0, 0.05) is 31.2 Å². The molecule has 8 heteroatoms. The smallest absolute Gasteiger partial charge is 0.147 e. The predicted molar refractivity (Wildman–Crippen MR) is 59.1 cm³/mol. The summed E-state index contributed by atoms with van der Waals surface area (Å²) in [5, 5.41) is 12.0. The zero-order valence-corrected chi connectivity index (χ0v) is 9.95. The highest BCUT2D eigenvalue weighted by molar-refractivity contribution is 7.10. The lowest BCUT2D eigenvalue weighted by Gasteiger charge is -2.25. The van der Waals surface area contributed by atoms with Gasteiger partial charge in [-0.1, -0.05) is 16.1 Å². The Morgan fingerprint density at radius 1 is 1.38 bits per heavy atom. The first-order valence-corrected chi connectivity index (χ1v) is 6.04. The highest BCUT2D eigenvalue weighted by Gasteiger charge is 2.19. The van der Waals surface area contributed by atoms with Crippen molar-refractivity contribution >= 4 is 23.1 Å². The van der Waals surface area contributed by atoms with Crippen LogP contribution in [0.1, 0.15) is 11.5 Å². The van der Waals surface area contributed by atoms with E-state index in [4.69, 9.17) is 11.6 Å². The molecule has 0 saturated heterocycles. The average Bonchev–Trinajstić information content (AvgIpc) is 2.88. The van der Waals surface area contributed by atoms with Gasteiger partial charge in [-0.2, -0.15) is 0 Å². The Bertz CT molecular complexity index is 494. The van der Waals surface area contributed by atoms with Crippen molar-refractivity contribution in [3.8, 4) is 0 Å². The average molecular weight is 257 g/mol. The molecule has 0 bridgehead atoms. The number of hydrogen-bond acceptors (Lipinski definition) is 6. The van der Waals surface area contributed by atoms with Crippen LogP contribution in [0, 0.1) is 0 Å². The second-order valence-corrected chi connectivity index (χ2v) is 5.00. The van der Waals surface area contributed by atoms with Gasteiger partial charge in [-0.25, -0.2) is 0 Å². The first kappa shape index (κ1) is 10.1. The number of hydrogen-bond donors (Lipinski definition) is 0. The van der Waals surface area contributed by atoms with Gasteiger partial charge in [0.1, 0.15) is 22.2 Å². The topological polar surface area (TPSA) is 59.7 Å². The summed E-state index contributed by atoms with van der Waals surface area (Å²) in [5.74, 6) is 0.991. The fraction of sp³-hybridized carbons (Fsp3) is 0.500. The minimum absolute atomic E-state index is 0.673. The van der Waals surface area contributed by atoms with Gasteiger partial charge in [0.2, 0.25) is 0 Å². The molecule has 2 aromatic rings. The van der Waals surface area contributed by atoms with E-state index in [1.807, 2.05) is 0 Å². The standard InChI is InChI=1S/C8H9ClN6S/c9-8-6(11-13-16-8)3-14-1-2-15-5-10-12-7(15)4-14/h5H,1-4H2. The molecule has 0 radical (unpaired) electrons. The van der Waals surface area contributed by atoms with Crippen molar-refractivity contribution in [1.29, 1.82) is 0 Å². The maximum absolute atomic E-state index is 5.97. The first-order chi connectivity index (χ1) is 7.83. The number of fused-ring (bicyclic) bond motifs is 1. The lowest BCUT2D eigenvalue weighted by atomic mass is 10.3. The van der Waals surface area contributed by atoms with Crippen LogP contribution in [0.3, 0.4) is 0 Å². The molecule has 0 unspecified atom stereocenters. The van der Waals surface area contributed by atoms with Crippen molar-refractivity contribution in [3.05, 3.63) is 22.2 Å². The Hall–Kier alpha value is -1.05. The van der Waals surface area contributed by atoms with Crippen molar-refractivity contribution < 1.29 is 0 Å². The highest BCUT2D eigenvalue weighted by atomic mass is 35.5. The molecule has 0 atom stereocenters. The van der Waals surface area contributed by atoms with Gasteiger partial charge >= 0.3 is 0 Å². The molecule has 3 heterocycles. The molecule has 6 nitrogen and oxygen atoms in total. The van der Waals surface area contributed by atoms with Crippen molar-refractivity contribution in [2.45, 2.75) is 19.6 Å². The van der Waals surface area contributed by atoms with E-state index < -0.39 is 0 Å². The molecule has 0 spiro atoms. The molecule has 0 aliphatic carbocycles. The number of nitrogens with zero attached hydrogens (tertiary/aromatic N) is 6. The Labute approximate surface area is 101 Å². The van der Waals surface area contributed by atoms with E-state index in [1.54, 1.807) is 6.33 Å². The van der Waals surface area contributed by atoms with Crippen LogP contribution < -0.4 is 0 Å². The van der Waals surface area contributed by atoms with Gasteiger partial charge in [0.15, 0.2) is 0 Å². The molecule has 16 heavy (non-hydrogen) atoms. The third-order valence-electron chi connectivity index (χ3n) is 2.60. The molecule has 1 aliphatic rings. The predicted octanol–water partition coefficient (Wildman–Crippen LogP) is 0.799. The second-order valence-electron chi connectivity index (χ2n) is 3.64. The van der Waals surface area contributed by atoms with Crippen molar-refractivity contribution in [3.63, 3.8) is 0 Å². The summed E-state index contributed by atoms with van der Waals surface area (Å²) in [5.41, 5.74) is 0.847. The third kappa shape index (κ3) is 1.81. The third-order valence-corrected chi connectivity index (χ3v) is 3.59. The summed E-state index contributed by atoms with van der Waals surface area (Å²) in [6.07, 6.45) is 1.77. The number of rotatable bonds is 2. The quantitative estimate of drug-likeness (QED) is 0.795. The van der Waals surface area contributed by atoms with Crippen LogP contribution in [0.25, 0.3) is 0 Å². The van der Waals surface area contributed by atoms with Crippen LogP contribution in [-0.2, 0) is 19.6 Å². The van der Waals surface area contributed by atoms with Gasteiger partial charge in [-0.15, -0.1) is 15.3 Å². The van der Waals surface area contributed by atoms with Crippen molar-refractivity contribution in [1.82, 2.24) is 29.3 Å². The Balaban J connectivity index is 1.73. The minimum Gasteiger partial charge on any atom is -0.315 e. The van der Waals surface area contributed by atoms with Gasteiger partial charge in [0.05, 0.1) is 6.54 Å². The maximum atomic E-state index is 5.97. The van der Waals surface area contributed by atoms with E-state index in [0.717, 1.165) is 37.7 Å². The van der Waals surface area contributed by atoms with E-state index in [2.05, 4.69) is 29.3 Å². The Morgan fingerprint density at radius 3 is 3.12 bits per heavy atom. The molecular formula is C8H9ClN6S. The molecule has 0 amide bonds. The van der Waals surface area contributed by atoms with Gasteiger partial charge in [-0.05, 0) is 0 Å². The first-order valence-electron chi connectivity index (χ1n) is 4.88. The van der Waals surface area contributed by atoms with Crippen molar-refractivity contribution in [2.24, 2.45) is 0 Å². The summed E-state index contributed by atoms with van der Waals surface area (Å²) >= 11 is 7.20. The lowest BCUT2D eigenvalue weighted by Crippen LogP contribution is -2.33. The monoisotopic (exact) mass is 256 g/mol. The molecule has 3 rings (SSSR count). The van der Waals surface area contributed by atoms with Gasteiger partial charge < -0.3 is 4.57 Å². The molecule has 2 aromatic heterocycles. The molecule has 0 saturated carbocycles. The van der Waals surface area contributed by atoms with Gasteiger partial charge in [-0.3, -0.25) is 4.90 Å². The van der Waals surface area contributed by atoms with Crippen LogP contribution in [-0.4, -0.2) is 35.8 Å². The summed E-state index contributed by atoms with van der Waals surface area (Å²) in [6.45, 7) is 3.38. The largest absolute Gasteiger partial charge is 0.315 e. The van der Waals surface area contributed by atoms with Crippen LogP contribution in [0.5, 0.6) is 0 Å². The van der Waals surface area contributed by atoms with Gasteiger partial charge in [0.25, 0.3) is 0 Å². The summed E-state index contributed by atoms with van der Waals surface area (Å²) in [4.78, 5) is 2.24. The van der Waals surface area contributed by atoms with E-state index in [0.29, 0.717) is 4.34 Å². The highest BCUT2D eigenvalue weighted by Crippen LogP contribution is 2.20. The Morgan fingerprint density at radius 2 is 2.31 bits per heavy atom. The molecule has 0 aromatic carbocycles. The van der Waals surface area contributed by atoms with Crippen LogP contribution in [0.15, 0.2) is 6.33 Å². The summed E-state index contributed by atoms with van der Waals surface area (Å²) in [6, 6.07) is 0. The molecule has 1 aliphatic heterocycles. The fourth-order valence-corrected chi connectivity index (χ4v) is 2.37. The van der Waals surface area contributed by atoms with Crippen LogP contribution in [0.2, 0.25) is 4.34 Å². The van der Waals surface area contributed by atoms with Crippen LogP contribution in [0.4, 0.5) is 0 Å². The number of halogens is 1. The SMILES string of the molecule is Clc1snnc1CN1CCn2cnnc2C1. The number of aromatic nitrogens is 5.